The summed E-state index contributed by atoms with van der Waals surface area (Å²) in [6, 6.07) is 6.64. The molecule has 0 saturated heterocycles. The summed E-state index contributed by atoms with van der Waals surface area (Å²) in [6.07, 6.45) is 0.302. The molecule has 0 bridgehead atoms. The number of amides is 2. The maximum Gasteiger partial charge on any atom is 0.321 e. The van der Waals surface area contributed by atoms with Crippen LogP contribution in [0.25, 0.3) is 0 Å². The van der Waals surface area contributed by atoms with E-state index in [-0.39, 0.29) is 6.03 Å². The first-order valence-electron chi connectivity index (χ1n) is 6.31. The fraction of sp³-hybridized carbons (Fsp3) is 0.429. The Kier molecular flexibility index (Phi) is 6.63. The first-order chi connectivity index (χ1) is 9.42. The monoisotopic (exact) mass is 313 g/mol. The minimum Gasteiger partial charge on any atom is -0.323 e. The van der Waals surface area contributed by atoms with Crippen molar-refractivity contribution in [3.63, 3.8) is 0 Å². The normalized spacial score (nSPS) is 10.2. The summed E-state index contributed by atoms with van der Waals surface area (Å²) in [6.45, 7) is 5.02. The zero-order valence-corrected chi connectivity index (χ0v) is 13.0. The van der Waals surface area contributed by atoms with E-state index in [2.05, 4.69) is 5.32 Å². The van der Waals surface area contributed by atoms with E-state index in [0.717, 1.165) is 0 Å². The van der Waals surface area contributed by atoms with Crippen LogP contribution in [0.2, 0.25) is 10.0 Å². The average Bonchev–Trinajstić information content (AvgIpc) is 2.32. The van der Waals surface area contributed by atoms with Crippen molar-refractivity contribution < 1.29 is 4.79 Å². The van der Waals surface area contributed by atoms with Crippen LogP contribution in [0.1, 0.15) is 20.3 Å². The van der Waals surface area contributed by atoms with E-state index in [1.165, 1.54) is 0 Å². The van der Waals surface area contributed by atoms with Crippen LogP contribution in [-0.2, 0) is 0 Å². The number of urea groups is 1. The Balaban J connectivity index is 2.76. The minimum atomic E-state index is -0.257. The number of rotatable bonds is 5. The predicted octanol–water partition coefficient (Wildman–Crippen LogP) is 4.40. The molecular formula is C14H17Cl2N3O. The van der Waals surface area contributed by atoms with Crippen LogP contribution >= 0.6 is 23.2 Å². The lowest BCUT2D eigenvalue weighted by Crippen LogP contribution is -2.38. The van der Waals surface area contributed by atoms with E-state index in [0.29, 0.717) is 41.2 Å². The van der Waals surface area contributed by atoms with Gasteiger partial charge < -0.3 is 10.2 Å². The molecule has 1 aromatic rings. The second kappa shape index (κ2) is 7.98. The van der Waals surface area contributed by atoms with E-state index < -0.39 is 0 Å². The van der Waals surface area contributed by atoms with Crippen LogP contribution in [0, 0.1) is 17.2 Å². The molecule has 0 saturated carbocycles. The molecule has 1 N–H and O–H groups in total. The van der Waals surface area contributed by atoms with E-state index in [1.54, 1.807) is 23.1 Å². The summed E-state index contributed by atoms with van der Waals surface area (Å²) in [5.74, 6) is 0.322. The van der Waals surface area contributed by atoms with Crippen molar-refractivity contribution in [1.82, 2.24) is 4.90 Å². The Morgan fingerprint density at radius 2 is 1.95 bits per heavy atom. The zero-order chi connectivity index (χ0) is 15.1. The lowest BCUT2D eigenvalue weighted by molar-refractivity contribution is 0.206. The number of carbonyl (C=O) groups excluding carboxylic acids is 1. The van der Waals surface area contributed by atoms with Gasteiger partial charge in [-0.15, -0.1) is 0 Å². The fourth-order valence-electron chi connectivity index (χ4n) is 1.73. The molecule has 0 aliphatic rings. The molecule has 0 atom stereocenters. The van der Waals surface area contributed by atoms with Gasteiger partial charge in [-0.3, -0.25) is 0 Å². The molecule has 20 heavy (non-hydrogen) atoms. The second-order valence-electron chi connectivity index (χ2n) is 4.84. The van der Waals surface area contributed by atoms with Crippen molar-refractivity contribution in [2.24, 2.45) is 5.92 Å². The highest BCUT2D eigenvalue weighted by Gasteiger charge is 2.15. The van der Waals surface area contributed by atoms with Crippen LogP contribution in [0.15, 0.2) is 18.2 Å². The van der Waals surface area contributed by atoms with Crippen molar-refractivity contribution in [2.75, 3.05) is 18.4 Å². The summed E-state index contributed by atoms with van der Waals surface area (Å²) in [5, 5.41) is 12.3. The summed E-state index contributed by atoms with van der Waals surface area (Å²) in [7, 11) is 0. The highest BCUT2D eigenvalue weighted by molar-refractivity contribution is 6.35. The third-order valence-electron chi connectivity index (χ3n) is 2.48. The molecule has 0 unspecified atom stereocenters. The average molecular weight is 314 g/mol. The van der Waals surface area contributed by atoms with Gasteiger partial charge in [0, 0.05) is 28.8 Å². The molecule has 0 heterocycles. The van der Waals surface area contributed by atoms with Gasteiger partial charge in [0.05, 0.1) is 12.5 Å². The number of halogens is 2. The van der Waals surface area contributed by atoms with Crippen molar-refractivity contribution in [2.45, 2.75) is 20.3 Å². The van der Waals surface area contributed by atoms with Crippen LogP contribution in [-0.4, -0.2) is 24.0 Å². The summed E-state index contributed by atoms with van der Waals surface area (Å²) in [4.78, 5) is 13.8. The van der Waals surface area contributed by atoms with Crippen molar-refractivity contribution in [1.29, 1.82) is 5.26 Å². The Hall–Kier alpha value is -1.44. The van der Waals surface area contributed by atoms with Crippen molar-refractivity contribution in [3.8, 4) is 6.07 Å². The van der Waals surface area contributed by atoms with Crippen molar-refractivity contribution in [3.05, 3.63) is 28.2 Å². The highest BCUT2D eigenvalue weighted by Crippen LogP contribution is 2.22. The number of benzene rings is 1. The third-order valence-corrected chi connectivity index (χ3v) is 2.92. The van der Waals surface area contributed by atoms with E-state index in [1.807, 2.05) is 19.9 Å². The number of anilines is 1. The first kappa shape index (κ1) is 16.6. The Bertz CT molecular complexity index is 491. The lowest BCUT2D eigenvalue weighted by atomic mass is 10.2. The number of nitrogens with one attached hydrogen (secondary N) is 1. The van der Waals surface area contributed by atoms with Crippen LogP contribution < -0.4 is 5.32 Å². The molecule has 4 nitrogen and oxygen atoms in total. The summed E-state index contributed by atoms with van der Waals surface area (Å²) < 4.78 is 0. The molecule has 0 fully saturated rings. The van der Waals surface area contributed by atoms with Crippen LogP contribution in [0.5, 0.6) is 0 Å². The molecule has 0 aliphatic heterocycles. The molecule has 0 aliphatic carbocycles. The zero-order valence-electron chi connectivity index (χ0n) is 11.5. The van der Waals surface area contributed by atoms with Crippen LogP contribution in [0.3, 0.4) is 0 Å². The highest BCUT2D eigenvalue weighted by atomic mass is 35.5. The quantitative estimate of drug-likeness (QED) is 0.876. The Labute approximate surface area is 129 Å². The number of nitrogens with zero attached hydrogens (tertiary/aromatic N) is 2. The maximum atomic E-state index is 12.2. The molecule has 1 rings (SSSR count). The second-order valence-corrected chi connectivity index (χ2v) is 5.71. The van der Waals surface area contributed by atoms with Gasteiger partial charge in [0.2, 0.25) is 0 Å². The molecule has 1 aromatic carbocycles. The topological polar surface area (TPSA) is 56.1 Å². The number of hydrogen-bond donors (Lipinski definition) is 1. The number of nitriles is 1. The van der Waals surface area contributed by atoms with Gasteiger partial charge in [-0.2, -0.15) is 5.26 Å². The molecule has 2 amide bonds. The molecule has 0 spiro atoms. The van der Waals surface area contributed by atoms with Gasteiger partial charge in [0.1, 0.15) is 0 Å². The van der Waals surface area contributed by atoms with Gasteiger partial charge in [-0.05, 0) is 24.1 Å². The predicted molar refractivity (Wildman–Crippen MR) is 82.1 cm³/mol. The van der Waals surface area contributed by atoms with Crippen LogP contribution in [0.4, 0.5) is 10.5 Å². The molecule has 6 heteroatoms. The van der Waals surface area contributed by atoms with Gasteiger partial charge in [0.25, 0.3) is 0 Å². The summed E-state index contributed by atoms with van der Waals surface area (Å²) in [5.41, 5.74) is 0.540. The number of hydrogen-bond acceptors (Lipinski definition) is 2. The van der Waals surface area contributed by atoms with E-state index in [9.17, 15) is 4.79 Å². The van der Waals surface area contributed by atoms with E-state index in [4.69, 9.17) is 28.5 Å². The molecular weight excluding hydrogens is 297 g/mol. The van der Waals surface area contributed by atoms with Gasteiger partial charge >= 0.3 is 6.03 Å². The van der Waals surface area contributed by atoms with Gasteiger partial charge in [-0.25, -0.2) is 4.79 Å². The smallest absolute Gasteiger partial charge is 0.321 e. The number of carbonyl (C=O) groups is 1. The van der Waals surface area contributed by atoms with Gasteiger partial charge in [0.15, 0.2) is 0 Å². The fourth-order valence-corrected chi connectivity index (χ4v) is 2.26. The third kappa shape index (κ3) is 5.68. The minimum absolute atomic E-state index is 0.257. The molecule has 108 valence electrons. The Morgan fingerprint density at radius 3 is 2.45 bits per heavy atom. The van der Waals surface area contributed by atoms with Gasteiger partial charge in [-0.1, -0.05) is 37.0 Å². The summed E-state index contributed by atoms with van der Waals surface area (Å²) >= 11 is 11.8. The largest absolute Gasteiger partial charge is 0.323 e. The first-order valence-corrected chi connectivity index (χ1v) is 7.07. The molecule has 0 aromatic heterocycles. The maximum absolute atomic E-state index is 12.2. The Morgan fingerprint density at radius 1 is 1.35 bits per heavy atom. The standard InChI is InChI=1S/C14H17Cl2N3O/c1-10(2)9-19(5-3-4-17)14(20)18-13-7-11(15)6-12(16)8-13/h6-8,10H,3,5,9H2,1-2H3,(H,18,20). The van der Waals surface area contributed by atoms with E-state index >= 15 is 0 Å². The van der Waals surface area contributed by atoms with Crippen molar-refractivity contribution >= 4 is 34.9 Å². The lowest BCUT2D eigenvalue weighted by Gasteiger charge is -2.24. The SMILES string of the molecule is CC(C)CN(CCC#N)C(=O)Nc1cc(Cl)cc(Cl)c1. The molecule has 0 radical (unpaired) electrons.